The highest BCUT2D eigenvalue weighted by Crippen LogP contribution is 2.45. The van der Waals surface area contributed by atoms with E-state index in [1.807, 2.05) is 0 Å². The maximum atomic E-state index is 12.8. The van der Waals surface area contributed by atoms with Crippen molar-refractivity contribution in [1.82, 2.24) is 0 Å². The van der Waals surface area contributed by atoms with Crippen LogP contribution < -0.4 is 9.47 Å². The van der Waals surface area contributed by atoms with Crippen molar-refractivity contribution in [3.63, 3.8) is 0 Å². The fourth-order valence-electron chi connectivity index (χ4n) is 2.87. The summed E-state index contributed by atoms with van der Waals surface area (Å²) in [7, 11) is 0. The first-order chi connectivity index (χ1) is 17.5. The number of hydrogen-bond donors (Lipinski definition) is 0. The maximum absolute atomic E-state index is 12.8. The lowest BCUT2D eigenvalue weighted by atomic mass is 10.1. The number of rotatable bonds is 6. The first-order valence-corrected chi connectivity index (χ1v) is 13.0. The molecule has 0 saturated carbocycles. The predicted molar refractivity (Wildman–Crippen MR) is 145 cm³/mol. The Labute approximate surface area is 248 Å². The molecule has 8 nitrogen and oxygen atoms in total. The molecule has 38 heavy (non-hydrogen) atoms. The smallest absolute Gasteiger partial charge is 0.423 e. The molecular weight excluding hydrogens is 629 g/mol. The predicted octanol–water partition coefficient (Wildman–Crippen LogP) is 7.87. The molecule has 0 spiro atoms. The Kier molecular flexibility index (Phi) is 11.0. The molecule has 0 N–H and O–H groups in total. The van der Waals surface area contributed by atoms with E-state index in [1.165, 1.54) is 13.8 Å². The lowest BCUT2D eigenvalue weighted by Crippen LogP contribution is -2.28. The van der Waals surface area contributed by atoms with Crippen LogP contribution in [0.4, 0.5) is 0 Å². The summed E-state index contributed by atoms with van der Waals surface area (Å²) >= 11 is 37.3. The van der Waals surface area contributed by atoms with Gasteiger partial charge in [-0.3, -0.25) is 0 Å². The molecule has 206 valence electrons. The summed E-state index contributed by atoms with van der Waals surface area (Å²) in [6.07, 6.45) is -1.18. The SMILES string of the molecule is Cc1c(Cl)c(Cl)c(C(=O)OC(C)C)c(OC(=O)C(=O)Oc2c(Cl)c(C)c(Cl)c(Cl)c2C(=O)OC(C)C)c1Cl. The Morgan fingerprint density at radius 1 is 0.526 bits per heavy atom. The van der Waals surface area contributed by atoms with Crippen LogP contribution in [0.5, 0.6) is 11.5 Å². The van der Waals surface area contributed by atoms with Crippen LogP contribution in [0.25, 0.3) is 0 Å². The molecule has 0 aromatic heterocycles. The molecule has 0 fully saturated rings. The van der Waals surface area contributed by atoms with Gasteiger partial charge in [0.2, 0.25) is 0 Å². The van der Waals surface area contributed by atoms with Gasteiger partial charge in [0, 0.05) is 0 Å². The number of benzene rings is 2. The maximum Gasteiger partial charge on any atom is 0.423 e. The summed E-state index contributed by atoms with van der Waals surface area (Å²) in [5, 5.41) is -1.42. The fourth-order valence-corrected chi connectivity index (χ4v) is 4.41. The Morgan fingerprint density at radius 2 is 0.816 bits per heavy atom. The van der Waals surface area contributed by atoms with Crippen molar-refractivity contribution in [1.29, 1.82) is 0 Å². The molecule has 14 heteroatoms. The van der Waals surface area contributed by atoms with Crippen LogP contribution in [0.1, 0.15) is 59.5 Å². The second-order valence-electron chi connectivity index (χ2n) is 8.23. The standard InChI is InChI=1S/C24H20Cl6O8/c1-7(2)35-21(31)11-17(29)13(25)9(5)15(27)19(11)37-23(33)24(34)38-20-12(22(32)36-8(3)4)18(30)14(26)10(6)16(20)28/h7-8H,1-6H3. The molecule has 0 aliphatic carbocycles. The van der Waals surface area contributed by atoms with Crippen LogP contribution in [0.2, 0.25) is 30.1 Å². The largest absolute Gasteiger partial charge is 0.459 e. The quantitative estimate of drug-likeness (QED) is 0.135. The Morgan fingerprint density at radius 3 is 1.08 bits per heavy atom. The number of hydrogen-bond acceptors (Lipinski definition) is 8. The normalized spacial score (nSPS) is 11.0. The lowest BCUT2D eigenvalue weighted by molar-refractivity contribution is -0.156. The van der Waals surface area contributed by atoms with Crippen LogP contribution in [-0.2, 0) is 19.1 Å². The highest BCUT2D eigenvalue weighted by molar-refractivity contribution is 6.48. The van der Waals surface area contributed by atoms with Crippen LogP contribution in [-0.4, -0.2) is 36.1 Å². The van der Waals surface area contributed by atoms with Gasteiger partial charge in [-0.05, 0) is 52.7 Å². The Bertz CT molecular complexity index is 1240. The molecule has 0 atom stereocenters. The van der Waals surface area contributed by atoms with Crippen molar-refractivity contribution in [2.75, 3.05) is 0 Å². The summed E-state index contributed by atoms with van der Waals surface area (Å²) in [5.41, 5.74) is -0.687. The van der Waals surface area contributed by atoms with Crippen molar-refractivity contribution in [3.8, 4) is 11.5 Å². The lowest BCUT2D eigenvalue weighted by Gasteiger charge is -2.18. The molecular formula is C24H20Cl6O8. The molecule has 0 saturated heterocycles. The zero-order valence-electron chi connectivity index (χ0n) is 20.7. The first kappa shape index (κ1) is 32.3. The van der Waals surface area contributed by atoms with Crippen LogP contribution in [0, 0.1) is 13.8 Å². The zero-order valence-corrected chi connectivity index (χ0v) is 25.2. The molecule has 0 unspecified atom stereocenters. The van der Waals surface area contributed by atoms with Crippen molar-refractivity contribution in [2.45, 2.75) is 53.8 Å². The van der Waals surface area contributed by atoms with E-state index in [4.69, 9.17) is 88.6 Å². The molecule has 2 rings (SSSR count). The molecule has 0 amide bonds. The van der Waals surface area contributed by atoms with Gasteiger partial charge in [0.05, 0.1) is 42.3 Å². The minimum Gasteiger partial charge on any atom is -0.459 e. The number of ether oxygens (including phenoxy) is 4. The molecule has 2 aromatic carbocycles. The van der Waals surface area contributed by atoms with E-state index in [1.54, 1.807) is 27.7 Å². The van der Waals surface area contributed by atoms with Gasteiger partial charge in [0.1, 0.15) is 11.1 Å². The van der Waals surface area contributed by atoms with Gasteiger partial charge < -0.3 is 18.9 Å². The zero-order chi connectivity index (χ0) is 29.2. The number of esters is 4. The highest BCUT2D eigenvalue weighted by Gasteiger charge is 2.34. The average Bonchev–Trinajstić information content (AvgIpc) is 2.82. The van der Waals surface area contributed by atoms with Gasteiger partial charge in [-0.1, -0.05) is 69.6 Å². The summed E-state index contributed by atoms with van der Waals surface area (Å²) < 4.78 is 20.5. The van der Waals surface area contributed by atoms with Crippen molar-refractivity contribution in [3.05, 3.63) is 52.4 Å². The minimum atomic E-state index is -1.66. The van der Waals surface area contributed by atoms with E-state index in [-0.39, 0.29) is 41.3 Å². The van der Waals surface area contributed by atoms with Crippen LogP contribution in [0.15, 0.2) is 0 Å². The van der Waals surface area contributed by atoms with E-state index in [9.17, 15) is 19.2 Å². The van der Waals surface area contributed by atoms with E-state index in [2.05, 4.69) is 0 Å². The van der Waals surface area contributed by atoms with Crippen molar-refractivity contribution < 1.29 is 38.1 Å². The molecule has 0 aliphatic rings. The van der Waals surface area contributed by atoms with E-state index >= 15 is 0 Å². The summed E-state index contributed by atoms with van der Waals surface area (Å²) in [4.78, 5) is 50.9. The molecule has 2 aromatic rings. The second kappa shape index (κ2) is 12.9. The Balaban J connectivity index is 2.56. The fraction of sp³-hybridized carbons (Fsp3) is 0.333. The molecule has 0 heterocycles. The van der Waals surface area contributed by atoms with E-state index < -0.39 is 58.7 Å². The Hall–Kier alpha value is -1.94. The minimum absolute atomic E-state index is 0.0962. The van der Waals surface area contributed by atoms with E-state index in [0.717, 1.165) is 0 Å². The van der Waals surface area contributed by atoms with Gasteiger partial charge >= 0.3 is 23.9 Å². The number of carbonyl (C=O) groups is 4. The topological polar surface area (TPSA) is 105 Å². The third kappa shape index (κ3) is 6.79. The monoisotopic (exact) mass is 646 g/mol. The van der Waals surface area contributed by atoms with Gasteiger partial charge in [-0.2, -0.15) is 0 Å². The van der Waals surface area contributed by atoms with Gasteiger partial charge in [0.25, 0.3) is 0 Å². The van der Waals surface area contributed by atoms with Crippen LogP contribution >= 0.6 is 69.6 Å². The highest BCUT2D eigenvalue weighted by atomic mass is 35.5. The van der Waals surface area contributed by atoms with Crippen molar-refractivity contribution in [2.24, 2.45) is 0 Å². The summed E-state index contributed by atoms with van der Waals surface area (Å²) in [6, 6.07) is 0. The molecule has 0 aliphatic heterocycles. The first-order valence-electron chi connectivity index (χ1n) is 10.7. The molecule has 0 radical (unpaired) electrons. The van der Waals surface area contributed by atoms with Crippen molar-refractivity contribution >= 4 is 93.5 Å². The number of halogens is 6. The van der Waals surface area contributed by atoms with Gasteiger partial charge in [-0.25, -0.2) is 19.2 Å². The second-order valence-corrected chi connectivity index (χ2v) is 10.5. The third-order valence-corrected chi connectivity index (χ3v) is 7.45. The summed E-state index contributed by atoms with van der Waals surface area (Å²) in [6.45, 7) is 9.14. The van der Waals surface area contributed by atoms with Crippen LogP contribution in [0.3, 0.4) is 0 Å². The van der Waals surface area contributed by atoms with Gasteiger partial charge in [0.15, 0.2) is 11.5 Å². The molecule has 0 bridgehead atoms. The summed E-state index contributed by atoms with van der Waals surface area (Å²) in [5.74, 6) is -6.56. The number of carbonyl (C=O) groups excluding carboxylic acids is 4. The van der Waals surface area contributed by atoms with Gasteiger partial charge in [-0.15, -0.1) is 0 Å². The van der Waals surface area contributed by atoms with E-state index in [0.29, 0.717) is 0 Å². The third-order valence-electron chi connectivity index (χ3n) is 4.64. The average molecular weight is 649 g/mol.